The quantitative estimate of drug-likeness (QED) is 0.820. The van der Waals surface area contributed by atoms with Gasteiger partial charge in [-0.25, -0.2) is 0 Å². The van der Waals surface area contributed by atoms with Crippen molar-refractivity contribution in [3.63, 3.8) is 0 Å². The Morgan fingerprint density at radius 2 is 1.90 bits per heavy atom. The standard InChI is InChI=1S/C18H17NO/c1-14(8-9-15-6-4-3-5-7-15)17-12-16(13-19)10-11-18(17)20-2/h3-12,14H,1-2H3/b9-8+/t14-/m0/s1. The molecule has 2 aromatic carbocycles. The first kappa shape index (κ1) is 13.9. The van der Waals surface area contributed by atoms with Crippen molar-refractivity contribution in [1.29, 1.82) is 5.26 Å². The van der Waals surface area contributed by atoms with Gasteiger partial charge in [0.25, 0.3) is 0 Å². The second-order valence-corrected chi connectivity index (χ2v) is 4.63. The van der Waals surface area contributed by atoms with Crippen LogP contribution in [-0.2, 0) is 0 Å². The molecular weight excluding hydrogens is 246 g/mol. The first-order chi connectivity index (χ1) is 9.74. The summed E-state index contributed by atoms with van der Waals surface area (Å²) in [6.07, 6.45) is 4.21. The maximum Gasteiger partial charge on any atom is 0.122 e. The van der Waals surface area contributed by atoms with Crippen molar-refractivity contribution in [3.8, 4) is 11.8 Å². The molecule has 0 aliphatic carbocycles. The van der Waals surface area contributed by atoms with E-state index in [-0.39, 0.29) is 5.92 Å². The molecule has 100 valence electrons. The number of rotatable bonds is 4. The highest BCUT2D eigenvalue weighted by molar-refractivity contribution is 5.52. The minimum absolute atomic E-state index is 0.179. The molecule has 2 rings (SSSR count). The van der Waals surface area contributed by atoms with E-state index in [0.717, 1.165) is 16.9 Å². The van der Waals surface area contributed by atoms with Gasteiger partial charge in [-0.2, -0.15) is 5.26 Å². The zero-order chi connectivity index (χ0) is 14.4. The number of methoxy groups -OCH3 is 1. The van der Waals surface area contributed by atoms with Crippen molar-refractivity contribution in [2.45, 2.75) is 12.8 Å². The van der Waals surface area contributed by atoms with Crippen LogP contribution in [0.5, 0.6) is 5.75 Å². The molecule has 0 N–H and O–H groups in total. The maximum atomic E-state index is 9.01. The minimum Gasteiger partial charge on any atom is -0.496 e. The van der Waals surface area contributed by atoms with Gasteiger partial charge < -0.3 is 4.74 Å². The molecule has 2 nitrogen and oxygen atoms in total. The van der Waals surface area contributed by atoms with Crippen LogP contribution < -0.4 is 4.74 Å². The Hall–Kier alpha value is -2.53. The summed E-state index contributed by atoms with van der Waals surface area (Å²) in [5.41, 5.74) is 2.84. The molecule has 0 radical (unpaired) electrons. The summed E-state index contributed by atoms with van der Waals surface area (Å²) in [6, 6.07) is 17.8. The molecule has 0 spiro atoms. The highest BCUT2D eigenvalue weighted by Gasteiger charge is 2.09. The lowest BCUT2D eigenvalue weighted by molar-refractivity contribution is 0.408. The van der Waals surface area contributed by atoms with E-state index < -0.39 is 0 Å². The molecule has 2 heteroatoms. The molecular formula is C18H17NO. The van der Waals surface area contributed by atoms with Crippen LogP contribution in [0.3, 0.4) is 0 Å². The second-order valence-electron chi connectivity index (χ2n) is 4.63. The maximum absolute atomic E-state index is 9.01. The van der Waals surface area contributed by atoms with E-state index in [1.54, 1.807) is 13.2 Å². The van der Waals surface area contributed by atoms with E-state index >= 15 is 0 Å². The molecule has 1 atom stereocenters. The van der Waals surface area contributed by atoms with Crippen molar-refractivity contribution in [2.24, 2.45) is 0 Å². The monoisotopic (exact) mass is 263 g/mol. The van der Waals surface area contributed by atoms with Gasteiger partial charge in [0.2, 0.25) is 0 Å². The molecule has 0 aliphatic rings. The smallest absolute Gasteiger partial charge is 0.122 e. The van der Waals surface area contributed by atoms with E-state index in [9.17, 15) is 0 Å². The topological polar surface area (TPSA) is 33.0 Å². The summed E-state index contributed by atoms with van der Waals surface area (Å²) in [7, 11) is 1.65. The van der Waals surface area contributed by atoms with Crippen LogP contribution in [0.15, 0.2) is 54.6 Å². The summed E-state index contributed by atoms with van der Waals surface area (Å²) >= 11 is 0. The zero-order valence-corrected chi connectivity index (χ0v) is 11.7. The third-order valence-corrected chi connectivity index (χ3v) is 3.23. The van der Waals surface area contributed by atoms with Gasteiger partial charge in [0, 0.05) is 11.5 Å². The van der Waals surface area contributed by atoms with Crippen molar-refractivity contribution >= 4 is 6.08 Å². The lowest BCUT2D eigenvalue weighted by Gasteiger charge is -2.12. The van der Waals surface area contributed by atoms with Gasteiger partial charge in [0.15, 0.2) is 0 Å². The average Bonchev–Trinajstić information content (AvgIpc) is 2.52. The highest BCUT2D eigenvalue weighted by Crippen LogP contribution is 2.28. The highest BCUT2D eigenvalue weighted by atomic mass is 16.5. The Morgan fingerprint density at radius 3 is 2.55 bits per heavy atom. The Labute approximate surface area is 119 Å². The van der Waals surface area contributed by atoms with Crippen molar-refractivity contribution in [2.75, 3.05) is 7.11 Å². The fourth-order valence-electron chi connectivity index (χ4n) is 2.08. The van der Waals surface area contributed by atoms with Crippen LogP contribution in [0.2, 0.25) is 0 Å². The summed E-state index contributed by atoms with van der Waals surface area (Å²) < 4.78 is 5.37. The number of allylic oxidation sites excluding steroid dienone is 1. The molecule has 20 heavy (non-hydrogen) atoms. The molecule has 0 aliphatic heterocycles. The number of nitrogens with zero attached hydrogens (tertiary/aromatic N) is 1. The lowest BCUT2D eigenvalue weighted by atomic mass is 9.97. The van der Waals surface area contributed by atoms with E-state index in [2.05, 4.69) is 37.3 Å². The Kier molecular flexibility index (Phi) is 4.57. The van der Waals surface area contributed by atoms with Crippen LogP contribution in [0.4, 0.5) is 0 Å². The van der Waals surface area contributed by atoms with Gasteiger partial charge in [0.1, 0.15) is 5.75 Å². The molecule has 0 amide bonds. The predicted octanol–water partition coefficient (Wildman–Crippen LogP) is 4.38. The van der Waals surface area contributed by atoms with Crippen LogP contribution in [0, 0.1) is 11.3 Å². The first-order valence-electron chi connectivity index (χ1n) is 6.56. The van der Waals surface area contributed by atoms with Crippen LogP contribution >= 0.6 is 0 Å². The average molecular weight is 263 g/mol. The van der Waals surface area contributed by atoms with E-state index in [4.69, 9.17) is 10.00 Å². The van der Waals surface area contributed by atoms with Gasteiger partial charge in [-0.15, -0.1) is 0 Å². The molecule has 0 fully saturated rings. The number of ether oxygens (including phenoxy) is 1. The molecule has 0 saturated carbocycles. The van der Waals surface area contributed by atoms with Gasteiger partial charge in [-0.1, -0.05) is 49.4 Å². The molecule has 0 unspecified atom stereocenters. The minimum atomic E-state index is 0.179. The molecule has 2 aromatic rings. The van der Waals surface area contributed by atoms with Crippen molar-refractivity contribution < 1.29 is 4.74 Å². The summed E-state index contributed by atoms with van der Waals surface area (Å²) in [6.45, 7) is 2.10. The largest absolute Gasteiger partial charge is 0.496 e. The van der Waals surface area contributed by atoms with Crippen molar-refractivity contribution in [3.05, 3.63) is 71.3 Å². The SMILES string of the molecule is COc1ccc(C#N)cc1[C@@H](C)/C=C/c1ccccc1. The van der Waals surface area contributed by atoms with Crippen LogP contribution in [-0.4, -0.2) is 7.11 Å². The Morgan fingerprint density at radius 1 is 1.15 bits per heavy atom. The fraction of sp³-hybridized carbons (Fsp3) is 0.167. The van der Waals surface area contributed by atoms with Gasteiger partial charge in [0.05, 0.1) is 18.7 Å². The van der Waals surface area contributed by atoms with E-state index in [1.807, 2.05) is 30.3 Å². The summed E-state index contributed by atoms with van der Waals surface area (Å²) in [5.74, 6) is 0.993. The normalized spacial score (nSPS) is 12.1. The molecule has 0 saturated heterocycles. The number of benzene rings is 2. The predicted molar refractivity (Wildman–Crippen MR) is 81.6 cm³/mol. The molecule has 0 aromatic heterocycles. The van der Waals surface area contributed by atoms with E-state index in [1.165, 1.54) is 0 Å². The molecule has 0 heterocycles. The summed E-state index contributed by atoms with van der Waals surface area (Å²) in [4.78, 5) is 0. The van der Waals surface area contributed by atoms with Gasteiger partial charge in [-0.05, 0) is 23.8 Å². The summed E-state index contributed by atoms with van der Waals surface area (Å²) in [5, 5.41) is 9.01. The third kappa shape index (κ3) is 3.27. The van der Waals surface area contributed by atoms with Crippen LogP contribution in [0.1, 0.15) is 29.5 Å². The van der Waals surface area contributed by atoms with Gasteiger partial charge >= 0.3 is 0 Å². The zero-order valence-electron chi connectivity index (χ0n) is 11.7. The van der Waals surface area contributed by atoms with E-state index in [0.29, 0.717) is 5.56 Å². The number of nitriles is 1. The lowest BCUT2D eigenvalue weighted by Crippen LogP contribution is -1.96. The third-order valence-electron chi connectivity index (χ3n) is 3.23. The molecule has 0 bridgehead atoms. The first-order valence-corrected chi connectivity index (χ1v) is 6.56. The fourth-order valence-corrected chi connectivity index (χ4v) is 2.08. The number of hydrogen-bond acceptors (Lipinski definition) is 2. The second kappa shape index (κ2) is 6.58. The van der Waals surface area contributed by atoms with Gasteiger partial charge in [-0.3, -0.25) is 0 Å². The number of hydrogen-bond donors (Lipinski definition) is 0. The Balaban J connectivity index is 2.27. The Bertz CT molecular complexity index is 638. The van der Waals surface area contributed by atoms with Crippen molar-refractivity contribution in [1.82, 2.24) is 0 Å². The van der Waals surface area contributed by atoms with Crippen LogP contribution in [0.25, 0.3) is 6.08 Å².